The molecule has 0 saturated heterocycles. The van der Waals surface area contributed by atoms with Crippen molar-refractivity contribution in [2.24, 2.45) is 0 Å². The molecule has 4 rings (SSSR count). The molecule has 2 amide bonds. The van der Waals surface area contributed by atoms with E-state index in [9.17, 15) is 4.79 Å². The van der Waals surface area contributed by atoms with Crippen LogP contribution in [0.25, 0.3) is 0 Å². The van der Waals surface area contributed by atoms with Crippen molar-refractivity contribution in [1.82, 2.24) is 4.90 Å². The molecule has 2 aromatic carbocycles. The summed E-state index contributed by atoms with van der Waals surface area (Å²) in [6, 6.07) is 15.8. The van der Waals surface area contributed by atoms with E-state index in [0.29, 0.717) is 31.5 Å². The van der Waals surface area contributed by atoms with Crippen LogP contribution in [0.1, 0.15) is 18.4 Å². The van der Waals surface area contributed by atoms with Crippen LogP contribution >= 0.6 is 0 Å². The summed E-state index contributed by atoms with van der Waals surface area (Å²) in [5.41, 5.74) is 1.87. The molecule has 0 spiro atoms. The first-order chi connectivity index (χ1) is 11.8. The van der Waals surface area contributed by atoms with Gasteiger partial charge in [-0.3, -0.25) is 0 Å². The first kappa shape index (κ1) is 14.9. The maximum absolute atomic E-state index is 12.7. The molecule has 1 saturated carbocycles. The molecule has 24 heavy (non-hydrogen) atoms. The van der Waals surface area contributed by atoms with Crippen molar-refractivity contribution in [3.63, 3.8) is 0 Å². The summed E-state index contributed by atoms with van der Waals surface area (Å²) in [7, 11) is 0. The summed E-state index contributed by atoms with van der Waals surface area (Å²) in [6.07, 6.45) is 2.14. The average Bonchev–Trinajstić information content (AvgIpc) is 3.45. The highest BCUT2D eigenvalue weighted by Gasteiger charge is 2.32. The Morgan fingerprint density at radius 3 is 2.54 bits per heavy atom. The highest BCUT2D eigenvalue weighted by atomic mass is 16.6. The van der Waals surface area contributed by atoms with E-state index in [4.69, 9.17) is 9.47 Å². The molecule has 0 radical (unpaired) electrons. The number of urea groups is 1. The molecule has 0 aromatic heterocycles. The summed E-state index contributed by atoms with van der Waals surface area (Å²) in [5, 5.41) is 2.99. The van der Waals surface area contributed by atoms with Gasteiger partial charge in [-0.2, -0.15) is 0 Å². The number of nitrogens with zero attached hydrogens (tertiary/aromatic N) is 1. The lowest BCUT2D eigenvalue weighted by Gasteiger charge is -2.24. The zero-order valence-corrected chi connectivity index (χ0v) is 13.4. The van der Waals surface area contributed by atoms with E-state index in [-0.39, 0.29) is 6.03 Å². The van der Waals surface area contributed by atoms with Gasteiger partial charge in [0, 0.05) is 24.3 Å². The third-order valence-electron chi connectivity index (χ3n) is 4.24. The Morgan fingerprint density at radius 2 is 1.79 bits per heavy atom. The number of nitrogens with one attached hydrogen (secondary N) is 1. The van der Waals surface area contributed by atoms with Crippen LogP contribution in [0.15, 0.2) is 48.5 Å². The van der Waals surface area contributed by atoms with Crippen LogP contribution in [0.5, 0.6) is 11.5 Å². The Kier molecular flexibility index (Phi) is 3.99. The summed E-state index contributed by atoms with van der Waals surface area (Å²) in [4.78, 5) is 14.6. The molecule has 2 aromatic rings. The third-order valence-corrected chi connectivity index (χ3v) is 4.24. The second kappa shape index (κ2) is 6.43. The van der Waals surface area contributed by atoms with Crippen molar-refractivity contribution in [3.05, 3.63) is 54.1 Å². The van der Waals surface area contributed by atoms with Crippen molar-refractivity contribution in [1.29, 1.82) is 0 Å². The fourth-order valence-electron chi connectivity index (χ4n) is 2.85. The first-order valence-corrected chi connectivity index (χ1v) is 8.31. The quantitative estimate of drug-likeness (QED) is 0.934. The number of carbonyl (C=O) groups excluding carboxylic acids is 1. The van der Waals surface area contributed by atoms with Gasteiger partial charge in [-0.25, -0.2) is 4.79 Å². The van der Waals surface area contributed by atoms with Crippen molar-refractivity contribution in [2.45, 2.75) is 25.4 Å². The lowest BCUT2D eigenvalue weighted by molar-refractivity contribution is 0.171. The number of carbonyl (C=O) groups is 1. The Labute approximate surface area is 141 Å². The van der Waals surface area contributed by atoms with E-state index in [1.54, 1.807) is 0 Å². The maximum Gasteiger partial charge on any atom is 0.322 e. The standard InChI is InChI=1S/C19H20N2O3/c22-19(20-15-6-9-17-18(12-15)24-11-10-23-17)21(16-7-8-16)13-14-4-2-1-3-5-14/h1-6,9,12,16H,7-8,10-11,13H2,(H,20,22). The molecule has 1 aliphatic carbocycles. The van der Waals surface area contributed by atoms with E-state index in [1.807, 2.05) is 53.4 Å². The van der Waals surface area contributed by atoms with E-state index in [1.165, 1.54) is 0 Å². The van der Waals surface area contributed by atoms with Gasteiger partial charge >= 0.3 is 6.03 Å². The Hall–Kier alpha value is -2.69. The number of rotatable bonds is 4. The van der Waals surface area contributed by atoms with Gasteiger partial charge in [0.15, 0.2) is 11.5 Å². The molecular weight excluding hydrogens is 304 g/mol. The number of hydrogen-bond donors (Lipinski definition) is 1. The number of amides is 2. The lowest BCUT2D eigenvalue weighted by atomic mass is 10.2. The fourth-order valence-corrected chi connectivity index (χ4v) is 2.85. The predicted octanol–water partition coefficient (Wildman–Crippen LogP) is 3.65. The normalized spacial score (nSPS) is 15.7. The van der Waals surface area contributed by atoms with Crippen LogP contribution in [-0.2, 0) is 6.54 Å². The summed E-state index contributed by atoms with van der Waals surface area (Å²) in [5.74, 6) is 1.41. The molecule has 1 N–H and O–H groups in total. The van der Waals surface area contributed by atoms with Crippen LogP contribution in [-0.4, -0.2) is 30.2 Å². The van der Waals surface area contributed by atoms with Gasteiger partial charge in [-0.15, -0.1) is 0 Å². The largest absolute Gasteiger partial charge is 0.486 e. The third kappa shape index (κ3) is 3.30. The number of hydrogen-bond acceptors (Lipinski definition) is 3. The van der Waals surface area contributed by atoms with Gasteiger partial charge in [0.05, 0.1) is 0 Å². The van der Waals surface area contributed by atoms with Gasteiger partial charge in [-0.05, 0) is 30.5 Å². The number of anilines is 1. The van der Waals surface area contributed by atoms with Crippen LogP contribution in [0.4, 0.5) is 10.5 Å². The minimum atomic E-state index is -0.0713. The number of benzene rings is 2. The number of fused-ring (bicyclic) bond motifs is 1. The minimum Gasteiger partial charge on any atom is -0.486 e. The van der Waals surface area contributed by atoms with Gasteiger partial charge < -0.3 is 19.7 Å². The van der Waals surface area contributed by atoms with Gasteiger partial charge in [0.2, 0.25) is 0 Å². The van der Waals surface area contributed by atoms with Crippen LogP contribution in [0.2, 0.25) is 0 Å². The monoisotopic (exact) mass is 324 g/mol. The van der Waals surface area contributed by atoms with Crippen molar-refractivity contribution in [2.75, 3.05) is 18.5 Å². The van der Waals surface area contributed by atoms with Gasteiger partial charge in [0.25, 0.3) is 0 Å². The van der Waals surface area contributed by atoms with Crippen LogP contribution in [0.3, 0.4) is 0 Å². The molecule has 5 nitrogen and oxygen atoms in total. The first-order valence-electron chi connectivity index (χ1n) is 8.31. The van der Waals surface area contributed by atoms with Crippen LogP contribution < -0.4 is 14.8 Å². The highest BCUT2D eigenvalue weighted by molar-refractivity contribution is 5.90. The predicted molar refractivity (Wildman–Crippen MR) is 91.5 cm³/mol. The van der Waals surface area contributed by atoms with Crippen LogP contribution in [0, 0.1) is 0 Å². The molecule has 2 aliphatic rings. The zero-order chi connectivity index (χ0) is 16.4. The summed E-state index contributed by atoms with van der Waals surface area (Å²) in [6.45, 7) is 1.72. The van der Waals surface area contributed by atoms with Crippen molar-refractivity contribution >= 4 is 11.7 Å². The Morgan fingerprint density at radius 1 is 1.04 bits per heavy atom. The molecule has 1 aliphatic heterocycles. The van der Waals surface area contributed by atoms with Crippen molar-refractivity contribution < 1.29 is 14.3 Å². The minimum absolute atomic E-state index is 0.0713. The lowest BCUT2D eigenvalue weighted by Crippen LogP contribution is -2.36. The highest BCUT2D eigenvalue weighted by Crippen LogP contribution is 2.33. The average molecular weight is 324 g/mol. The molecular formula is C19H20N2O3. The molecule has 124 valence electrons. The summed E-state index contributed by atoms with van der Waals surface area (Å²) >= 11 is 0. The Balaban J connectivity index is 1.47. The SMILES string of the molecule is O=C(Nc1ccc2c(c1)OCCO2)N(Cc1ccccc1)C1CC1. The van der Waals surface area contributed by atoms with E-state index in [2.05, 4.69) is 5.32 Å². The van der Waals surface area contributed by atoms with Gasteiger partial charge in [0.1, 0.15) is 13.2 Å². The molecule has 5 heteroatoms. The fraction of sp³-hybridized carbons (Fsp3) is 0.316. The van der Waals surface area contributed by atoms with Crippen molar-refractivity contribution in [3.8, 4) is 11.5 Å². The summed E-state index contributed by atoms with van der Waals surface area (Å²) < 4.78 is 11.1. The second-order valence-electron chi connectivity index (χ2n) is 6.13. The number of ether oxygens (including phenoxy) is 2. The zero-order valence-electron chi connectivity index (χ0n) is 13.4. The smallest absolute Gasteiger partial charge is 0.322 e. The van der Waals surface area contributed by atoms with Gasteiger partial charge in [-0.1, -0.05) is 30.3 Å². The van der Waals surface area contributed by atoms with E-state index in [0.717, 1.165) is 29.8 Å². The molecule has 0 unspecified atom stereocenters. The molecule has 0 bridgehead atoms. The van der Waals surface area contributed by atoms with E-state index < -0.39 is 0 Å². The molecule has 1 heterocycles. The molecule has 0 atom stereocenters. The van der Waals surface area contributed by atoms with E-state index >= 15 is 0 Å². The Bertz CT molecular complexity index is 729. The maximum atomic E-state index is 12.7. The topological polar surface area (TPSA) is 50.8 Å². The second-order valence-corrected chi connectivity index (χ2v) is 6.13. The molecule has 1 fully saturated rings.